The fraction of sp³-hybridized carbons (Fsp3) is 0.393. The number of carbonyl (C=O) groups excluding carboxylic acids is 5. The van der Waals surface area contributed by atoms with Crippen LogP contribution in [0.2, 0.25) is 0 Å². The standard InChI is InChI=1S/C26H25FN4O5.C24H23FN4O3.C6H11BrO2/c27-21-8-5-16(13-20(21)25(35)30-11-9-29(10-12-30)24(34)17-6-7-17)14-22-18-3-1-2-4-19(18)26(36)31(28-22)15-23(32)33;25-20-8-5-15(14-21-17-3-1-2-4-18(17)22(30)27-26-21)13-19(20)24(32)29-11-9-28(10-12-29)23(31)16-6-7-16;1-6(2,3)9-5(8)4-7/h1-5,8,13,17H,6-7,9-12,14-15H2,(H,32,33);1-5,8,13,16H,6-7,9-12,14H2,(H,27,30);4H2,1-3H3. The predicted octanol–water partition coefficient (Wildman–Crippen LogP) is 5.98. The van der Waals surface area contributed by atoms with Crippen LogP contribution in [-0.4, -0.2) is 144 Å². The van der Waals surface area contributed by atoms with Crippen molar-refractivity contribution >= 4 is 73.0 Å². The number of nitrogens with zero attached hydrogens (tertiary/aromatic N) is 7. The van der Waals surface area contributed by atoms with E-state index in [0.29, 0.717) is 91.9 Å². The van der Waals surface area contributed by atoms with Crippen molar-refractivity contribution in [3.8, 4) is 0 Å². The number of aromatic nitrogens is 4. The van der Waals surface area contributed by atoms with Crippen molar-refractivity contribution in [2.75, 3.05) is 57.7 Å². The second-order valence-corrected chi connectivity index (χ2v) is 20.9. The lowest BCUT2D eigenvalue weighted by Gasteiger charge is -2.35. The minimum atomic E-state index is -1.19. The molecule has 404 valence electrons. The average molecular weight is 1120 g/mol. The topological polar surface area (TPSA) is 225 Å². The Kier molecular flexibility index (Phi) is 17.4. The Labute approximate surface area is 450 Å². The smallest absolute Gasteiger partial charge is 0.325 e. The number of hydrogen-bond acceptors (Lipinski definition) is 11. The SMILES string of the molecule is CC(C)(C)OC(=O)CBr.O=C(O)Cn1nc(Cc2ccc(F)c(C(=O)N3CCN(C(=O)C4CC4)CC3)c2)c2ccccc2c1=O.O=C(c1cc(Cc2n[nH]c(=O)c3ccccc23)ccc1F)N1CCN(C(=O)C2CC2)CC1. The Morgan fingerprint density at radius 1 is 0.636 bits per heavy atom. The van der Waals surface area contributed by atoms with Crippen LogP contribution in [0.15, 0.2) is 94.5 Å². The first-order valence-corrected chi connectivity index (χ1v) is 26.6. The summed E-state index contributed by atoms with van der Waals surface area (Å²) in [5, 5.41) is 22.5. The van der Waals surface area contributed by atoms with Crippen molar-refractivity contribution in [3.63, 3.8) is 0 Å². The number of hydrogen-bond donors (Lipinski definition) is 2. The van der Waals surface area contributed by atoms with Crippen molar-refractivity contribution < 1.29 is 47.4 Å². The van der Waals surface area contributed by atoms with E-state index in [2.05, 4.69) is 31.2 Å². The van der Waals surface area contributed by atoms with Gasteiger partial charge < -0.3 is 29.4 Å². The number of fused-ring (bicyclic) bond motifs is 2. The monoisotopic (exact) mass is 1120 g/mol. The highest BCUT2D eigenvalue weighted by Crippen LogP contribution is 2.32. The maximum atomic E-state index is 14.7. The molecule has 2 N–H and O–H groups in total. The normalized spacial score (nSPS) is 15.5. The van der Waals surface area contributed by atoms with Gasteiger partial charge in [0, 0.05) is 87.8 Å². The third-order valence-electron chi connectivity index (χ3n) is 13.4. The lowest BCUT2D eigenvalue weighted by atomic mass is 10.0. The van der Waals surface area contributed by atoms with Gasteiger partial charge in [0.2, 0.25) is 11.8 Å². The quantitative estimate of drug-likeness (QED) is 0.113. The van der Waals surface area contributed by atoms with Crippen LogP contribution >= 0.6 is 15.9 Å². The summed E-state index contributed by atoms with van der Waals surface area (Å²) in [5.74, 6) is -2.86. The molecule has 18 nitrogen and oxygen atoms in total. The third kappa shape index (κ3) is 14.0. The highest BCUT2D eigenvalue weighted by molar-refractivity contribution is 9.09. The van der Waals surface area contributed by atoms with Gasteiger partial charge in [0.15, 0.2) is 0 Å². The third-order valence-corrected chi connectivity index (χ3v) is 13.9. The number of carbonyl (C=O) groups is 6. The van der Waals surface area contributed by atoms with Crippen LogP contribution in [0.25, 0.3) is 21.5 Å². The van der Waals surface area contributed by atoms with Crippen LogP contribution in [-0.2, 0) is 43.3 Å². The Bertz CT molecular complexity index is 3360. The van der Waals surface area contributed by atoms with Gasteiger partial charge in [-0.2, -0.15) is 10.2 Å². The van der Waals surface area contributed by atoms with Gasteiger partial charge in [-0.1, -0.05) is 64.5 Å². The number of aliphatic carboxylic acids is 1. The minimum Gasteiger partial charge on any atom is -0.480 e. The Hall–Kier alpha value is -7.68. The van der Waals surface area contributed by atoms with Crippen molar-refractivity contribution in [3.05, 3.63) is 151 Å². The molecule has 4 aromatic carbocycles. The Morgan fingerprint density at radius 2 is 1.06 bits per heavy atom. The number of ether oxygens (including phenoxy) is 1. The summed E-state index contributed by atoms with van der Waals surface area (Å²) in [5.41, 5.74) is 1.23. The van der Waals surface area contributed by atoms with Crippen molar-refractivity contribution in [1.29, 1.82) is 0 Å². The first-order chi connectivity index (χ1) is 36.8. The van der Waals surface area contributed by atoms with Gasteiger partial charge in [-0.25, -0.2) is 18.6 Å². The molecule has 2 aliphatic heterocycles. The van der Waals surface area contributed by atoms with E-state index in [0.717, 1.165) is 41.3 Å². The number of carboxylic acids is 1. The van der Waals surface area contributed by atoms with E-state index in [-0.39, 0.29) is 69.6 Å². The maximum absolute atomic E-state index is 14.7. The van der Waals surface area contributed by atoms with Gasteiger partial charge in [0.25, 0.3) is 22.9 Å². The molecular formula is C56H59BrF2N8O10. The lowest BCUT2D eigenvalue weighted by Crippen LogP contribution is -2.51. The van der Waals surface area contributed by atoms with Gasteiger partial charge in [0.05, 0.1) is 33.3 Å². The van der Waals surface area contributed by atoms with Crippen molar-refractivity contribution in [2.45, 2.75) is 71.4 Å². The largest absolute Gasteiger partial charge is 0.480 e. The van der Waals surface area contributed by atoms with E-state index in [1.54, 1.807) is 74.2 Å². The molecule has 2 aromatic heterocycles. The Morgan fingerprint density at radius 3 is 1.49 bits per heavy atom. The number of carboxylic acid groups (broad SMARTS) is 1. The van der Waals surface area contributed by atoms with Crippen LogP contribution in [0.4, 0.5) is 8.78 Å². The van der Waals surface area contributed by atoms with Crippen molar-refractivity contribution in [1.82, 2.24) is 39.6 Å². The van der Waals surface area contributed by atoms with Crippen LogP contribution in [0, 0.1) is 23.5 Å². The highest BCUT2D eigenvalue weighted by Gasteiger charge is 2.37. The zero-order valence-corrected chi connectivity index (χ0v) is 44.5. The van der Waals surface area contributed by atoms with E-state index >= 15 is 0 Å². The summed E-state index contributed by atoms with van der Waals surface area (Å²) in [4.78, 5) is 104. The second kappa shape index (κ2) is 24.1. The van der Waals surface area contributed by atoms with Crippen LogP contribution in [0.5, 0.6) is 0 Å². The predicted molar refractivity (Wildman–Crippen MR) is 284 cm³/mol. The van der Waals surface area contributed by atoms with Crippen LogP contribution in [0.1, 0.15) is 89.7 Å². The summed E-state index contributed by atoms with van der Waals surface area (Å²) in [6, 6.07) is 22.7. The molecule has 4 heterocycles. The zero-order valence-electron chi connectivity index (χ0n) is 42.9. The van der Waals surface area contributed by atoms with Gasteiger partial charge in [-0.3, -0.25) is 38.4 Å². The maximum Gasteiger partial charge on any atom is 0.325 e. The van der Waals surface area contributed by atoms with Crippen molar-refractivity contribution in [2.24, 2.45) is 11.8 Å². The molecule has 77 heavy (non-hydrogen) atoms. The van der Waals surface area contributed by atoms with Crippen LogP contribution < -0.4 is 11.1 Å². The summed E-state index contributed by atoms with van der Waals surface area (Å²) < 4.78 is 35.1. The minimum absolute atomic E-state index is 0.0122. The van der Waals surface area contributed by atoms with E-state index in [4.69, 9.17) is 9.84 Å². The van der Waals surface area contributed by atoms with Gasteiger partial charge in [0.1, 0.15) is 29.1 Å². The zero-order chi connectivity index (χ0) is 55.1. The summed E-state index contributed by atoms with van der Waals surface area (Å²) in [7, 11) is 0. The number of amides is 4. The fourth-order valence-corrected chi connectivity index (χ4v) is 9.32. The molecule has 2 saturated heterocycles. The van der Waals surface area contributed by atoms with Gasteiger partial charge in [-0.15, -0.1) is 0 Å². The number of H-pyrrole nitrogens is 1. The molecule has 2 saturated carbocycles. The number of benzene rings is 4. The summed E-state index contributed by atoms with van der Waals surface area (Å²) >= 11 is 2.99. The average Bonchev–Trinajstić information content (AvgIpc) is 4.37. The molecule has 0 spiro atoms. The van der Waals surface area contributed by atoms with E-state index in [1.165, 1.54) is 18.2 Å². The van der Waals surface area contributed by atoms with E-state index in [1.807, 2.05) is 32.9 Å². The first kappa shape index (κ1) is 55.5. The fourth-order valence-electron chi connectivity index (χ4n) is 9.20. The number of halogens is 3. The summed E-state index contributed by atoms with van der Waals surface area (Å²) in [6.07, 6.45) is 4.28. The molecule has 4 aliphatic rings. The molecule has 0 radical (unpaired) electrons. The molecule has 4 fully saturated rings. The molecule has 4 amide bonds. The lowest BCUT2D eigenvalue weighted by molar-refractivity contribution is -0.151. The molecule has 6 aromatic rings. The highest BCUT2D eigenvalue weighted by atomic mass is 79.9. The molecule has 21 heteroatoms. The Balaban J connectivity index is 0.000000177. The number of alkyl halides is 1. The molecule has 0 unspecified atom stereocenters. The number of aromatic amines is 1. The second-order valence-electron chi connectivity index (χ2n) is 20.4. The molecule has 2 aliphatic carbocycles. The number of rotatable bonds is 11. The van der Waals surface area contributed by atoms with Gasteiger partial charge >= 0.3 is 11.9 Å². The van der Waals surface area contributed by atoms with Gasteiger partial charge in [-0.05, 0) is 94.0 Å². The van der Waals surface area contributed by atoms with Crippen LogP contribution in [0.3, 0.4) is 0 Å². The molecular weight excluding hydrogens is 1060 g/mol. The molecule has 10 rings (SSSR count). The molecule has 0 atom stereocenters. The first-order valence-electron chi connectivity index (χ1n) is 25.5. The number of esters is 1. The molecule has 0 bridgehead atoms. The van der Waals surface area contributed by atoms with E-state index < -0.39 is 35.6 Å². The van der Waals surface area contributed by atoms with E-state index in [9.17, 15) is 47.1 Å². The number of nitrogens with one attached hydrogen (secondary N) is 1. The summed E-state index contributed by atoms with van der Waals surface area (Å²) in [6.45, 7) is 8.24. The number of piperazine rings is 2.